The summed E-state index contributed by atoms with van der Waals surface area (Å²) in [5.74, 6) is 0. The highest BCUT2D eigenvalue weighted by Crippen LogP contribution is 2.54. The van der Waals surface area contributed by atoms with Crippen LogP contribution in [0, 0.1) is 0 Å². The smallest absolute Gasteiger partial charge is 0.0562 e. The molecular weight excluding hydrogens is 617 g/mol. The van der Waals surface area contributed by atoms with Crippen molar-refractivity contribution >= 4 is 49.6 Å². The quantitative estimate of drug-likeness (QED) is 0.180. The lowest BCUT2D eigenvalue weighted by Crippen LogP contribution is -2.17. The lowest BCUT2D eigenvalue weighted by Gasteiger charge is -2.30. The number of nitrogens with zero attached hydrogens (tertiary/aromatic N) is 2. The van der Waals surface area contributed by atoms with Crippen molar-refractivity contribution in [2.45, 2.75) is 19.3 Å². The third kappa shape index (κ3) is 4.43. The van der Waals surface area contributed by atoms with Crippen molar-refractivity contribution in [2.75, 3.05) is 4.90 Å². The van der Waals surface area contributed by atoms with Crippen LogP contribution in [0.1, 0.15) is 25.0 Å². The summed E-state index contributed by atoms with van der Waals surface area (Å²) in [6, 6.07) is 66.5. The Morgan fingerprint density at radius 2 is 1.12 bits per heavy atom. The first kappa shape index (κ1) is 29.5. The van der Waals surface area contributed by atoms with E-state index in [-0.39, 0.29) is 5.41 Å². The molecule has 0 saturated heterocycles. The topological polar surface area (TPSA) is 8.17 Å². The molecule has 0 fully saturated rings. The molecule has 1 heterocycles. The van der Waals surface area contributed by atoms with Gasteiger partial charge in [0.15, 0.2) is 0 Å². The SMILES string of the molecule is CC1(C)c2cc(N(c3ccccc3-c3ccccc3)c3cccc4c3c3ccccc3n4-c3ccccc3)ccc2-c2ccc3ccccc3c21. The van der Waals surface area contributed by atoms with Crippen molar-refractivity contribution in [3.63, 3.8) is 0 Å². The fraction of sp³-hybridized carbons (Fsp3) is 0.0612. The Bertz CT molecular complexity index is 2770. The van der Waals surface area contributed by atoms with Crippen molar-refractivity contribution in [1.82, 2.24) is 4.57 Å². The van der Waals surface area contributed by atoms with Crippen molar-refractivity contribution in [1.29, 1.82) is 0 Å². The maximum Gasteiger partial charge on any atom is 0.0562 e. The Morgan fingerprint density at radius 3 is 1.96 bits per heavy atom. The highest BCUT2D eigenvalue weighted by atomic mass is 15.2. The van der Waals surface area contributed by atoms with Crippen molar-refractivity contribution in [3.05, 3.63) is 193 Å². The fourth-order valence-corrected chi connectivity index (χ4v) is 8.71. The molecule has 0 amide bonds. The molecule has 0 saturated carbocycles. The van der Waals surface area contributed by atoms with E-state index in [1.54, 1.807) is 0 Å². The molecule has 10 rings (SSSR count). The first-order chi connectivity index (χ1) is 25.1. The van der Waals surface area contributed by atoms with Crippen molar-refractivity contribution in [2.24, 2.45) is 0 Å². The van der Waals surface area contributed by atoms with E-state index in [9.17, 15) is 0 Å². The normalized spacial score (nSPS) is 13.1. The van der Waals surface area contributed by atoms with Gasteiger partial charge in [0.1, 0.15) is 0 Å². The molecule has 0 radical (unpaired) electrons. The van der Waals surface area contributed by atoms with Gasteiger partial charge in [-0.05, 0) is 87.1 Å². The Labute approximate surface area is 298 Å². The van der Waals surface area contributed by atoms with Crippen LogP contribution in [0.25, 0.3) is 60.5 Å². The molecule has 1 aliphatic carbocycles. The van der Waals surface area contributed by atoms with E-state index < -0.39 is 0 Å². The number of fused-ring (bicyclic) bond motifs is 8. The average molecular weight is 653 g/mol. The van der Waals surface area contributed by atoms with Gasteiger partial charge in [0.2, 0.25) is 0 Å². The van der Waals surface area contributed by atoms with E-state index in [0.29, 0.717) is 0 Å². The van der Waals surface area contributed by atoms with Gasteiger partial charge in [-0.3, -0.25) is 0 Å². The summed E-state index contributed by atoms with van der Waals surface area (Å²) in [4.78, 5) is 2.50. The van der Waals surface area contributed by atoms with Crippen LogP contribution in [0.3, 0.4) is 0 Å². The molecule has 242 valence electrons. The lowest BCUT2D eigenvalue weighted by molar-refractivity contribution is 0.666. The first-order valence-electron chi connectivity index (χ1n) is 17.8. The van der Waals surface area contributed by atoms with Crippen LogP contribution in [0.15, 0.2) is 182 Å². The van der Waals surface area contributed by atoms with Crippen LogP contribution < -0.4 is 4.90 Å². The maximum atomic E-state index is 2.50. The van der Waals surface area contributed by atoms with Crippen molar-refractivity contribution in [3.8, 4) is 27.9 Å². The summed E-state index contributed by atoms with van der Waals surface area (Å²) < 4.78 is 2.41. The van der Waals surface area contributed by atoms with E-state index in [1.807, 2.05) is 0 Å². The Morgan fingerprint density at radius 1 is 0.471 bits per heavy atom. The van der Waals surface area contributed by atoms with Crippen LogP contribution in [0.5, 0.6) is 0 Å². The minimum absolute atomic E-state index is 0.179. The van der Waals surface area contributed by atoms with E-state index in [1.165, 1.54) is 66.0 Å². The summed E-state index contributed by atoms with van der Waals surface area (Å²) in [6.45, 7) is 4.79. The predicted molar refractivity (Wildman–Crippen MR) is 216 cm³/mol. The van der Waals surface area contributed by atoms with Gasteiger partial charge < -0.3 is 9.47 Å². The van der Waals surface area contributed by atoms with Crippen molar-refractivity contribution < 1.29 is 0 Å². The molecule has 0 bridgehead atoms. The molecule has 0 atom stereocenters. The van der Waals surface area contributed by atoms with Gasteiger partial charge in [-0.1, -0.05) is 147 Å². The number of hydrogen-bond donors (Lipinski definition) is 0. The highest BCUT2D eigenvalue weighted by Gasteiger charge is 2.37. The van der Waals surface area contributed by atoms with Crippen LogP contribution in [-0.2, 0) is 5.41 Å². The molecule has 9 aromatic rings. The Hall–Kier alpha value is -6.38. The molecule has 51 heavy (non-hydrogen) atoms. The third-order valence-electron chi connectivity index (χ3n) is 10.9. The second-order valence-electron chi connectivity index (χ2n) is 14.1. The predicted octanol–water partition coefficient (Wildman–Crippen LogP) is 13.4. The fourth-order valence-electron chi connectivity index (χ4n) is 8.71. The van der Waals surface area contributed by atoms with Crippen LogP contribution in [0.2, 0.25) is 0 Å². The van der Waals surface area contributed by atoms with Crippen LogP contribution in [0.4, 0.5) is 17.1 Å². The molecule has 0 unspecified atom stereocenters. The van der Waals surface area contributed by atoms with E-state index in [4.69, 9.17) is 0 Å². The summed E-state index contributed by atoms with van der Waals surface area (Å²) in [5, 5.41) is 5.09. The lowest BCUT2D eigenvalue weighted by atomic mass is 9.80. The largest absolute Gasteiger partial charge is 0.309 e. The summed E-state index contributed by atoms with van der Waals surface area (Å²) in [7, 11) is 0. The number of anilines is 3. The number of aromatic nitrogens is 1. The molecule has 2 nitrogen and oxygen atoms in total. The first-order valence-corrected chi connectivity index (χ1v) is 17.8. The van der Waals surface area contributed by atoms with Gasteiger partial charge in [-0.15, -0.1) is 0 Å². The molecule has 0 aliphatic heterocycles. The zero-order valence-electron chi connectivity index (χ0n) is 28.7. The molecular formula is C49H36N2. The summed E-state index contributed by atoms with van der Waals surface area (Å²) in [6.07, 6.45) is 0. The Balaban J connectivity index is 1.27. The molecule has 1 aromatic heterocycles. The van der Waals surface area contributed by atoms with E-state index in [0.717, 1.165) is 22.7 Å². The zero-order valence-corrected chi connectivity index (χ0v) is 28.7. The summed E-state index contributed by atoms with van der Waals surface area (Å²) >= 11 is 0. The number of para-hydroxylation sites is 3. The average Bonchev–Trinajstić information content (AvgIpc) is 3.65. The molecule has 1 aliphatic rings. The minimum atomic E-state index is -0.179. The highest BCUT2D eigenvalue weighted by molar-refractivity contribution is 6.17. The van der Waals surface area contributed by atoms with Gasteiger partial charge in [-0.25, -0.2) is 0 Å². The van der Waals surface area contributed by atoms with Crippen LogP contribution >= 0.6 is 0 Å². The maximum absolute atomic E-state index is 2.50. The zero-order chi connectivity index (χ0) is 34.1. The number of benzene rings is 8. The number of hydrogen-bond acceptors (Lipinski definition) is 1. The molecule has 0 spiro atoms. The van der Waals surface area contributed by atoms with Gasteiger partial charge in [0.05, 0.1) is 22.4 Å². The molecule has 0 N–H and O–H groups in total. The monoisotopic (exact) mass is 652 g/mol. The van der Waals surface area contributed by atoms with E-state index in [2.05, 4.69) is 205 Å². The second-order valence-corrected chi connectivity index (χ2v) is 14.1. The minimum Gasteiger partial charge on any atom is -0.309 e. The standard InChI is InChI=1S/C49H36N2/c1-49(2)42-32-36(29-31-39(42)40-30-28-34-18-9-10-22-38(34)48(40)49)51(43-24-13-11-21-37(43)33-16-5-3-6-17-33)46-27-15-26-45-47(46)41-23-12-14-25-44(41)50(45)35-19-7-4-8-20-35/h3-32H,1-2H3. The molecule has 8 aromatic carbocycles. The van der Waals surface area contributed by atoms with E-state index >= 15 is 0 Å². The third-order valence-corrected chi connectivity index (χ3v) is 10.9. The van der Waals surface area contributed by atoms with Gasteiger partial charge in [0, 0.05) is 33.1 Å². The molecule has 2 heteroatoms. The second kappa shape index (κ2) is 11.3. The van der Waals surface area contributed by atoms with Gasteiger partial charge >= 0.3 is 0 Å². The van der Waals surface area contributed by atoms with Gasteiger partial charge in [0.25, 0.3) is 0 Å². The number of rotatable bonds is 5. The van der Waals surface area contributed by atoms with Gasteiger partial charge in [-0.2, -0.15) is 0 Å². The van der Waals surface area contributed by atoms with Crippen LogP contribution in [-0.4, -0.2) is 4.57 Å². The Kier molecular flexibility index (Phi) is 6.56. The summed E-state index contributed by atoms with van der Waals surface area (Å²) in [5.41, 5.74) is 14.6.